The summed E-state index contributed by atoms with van der Waals surface area (Å²) in [5.74, 6) is 0. The Kier molecular flexibility index (Phi) is 4.56. The second kappa shape index (κ2) is 5.71. The van der Waals surface area contributed by atoms with Crippen molar-refractivity contribution in [3.8, 4) is 0 Å². The first-order chi connectivity index (χ1) is 7.21. The van der Waals surface area contributed by atoms with E-state index < -0.39 is 0 Å². The molecule has 1 atom stereocenters. The van der Waals surface area contributed by atoms with Crippen LogP contribution >= 0.6 is 0 Å². The van der Waals surface area contributed by atoms with E-state index in [2.05, 4.69) is 31.6 Å². The molecule has 15 heavy (non-hydrogen) atoms. The predicted molar refractivity (Wildman–Crippen MR) is 63.8 cm³/mol. The lowest BCUT2D eigenvalue weighted by molar-refractivity contribution is 0.577. The van der Waals surface area contributed by atoms with E-state index in [0.717, 1.165) is 31.5 Å². The van der Waals surface area contributed by atoms with Crippen molar-refractivity contribution in [2.75, 3.05) is 0 Å². The highest BCUT2D eigenvalue weighted by Crippen LogP contribution is 2.09. The Morgan fingerprint density at radius 3 is 2.87 bits per heavy atom. The number of aromatic nitrogens is 2. The van der Waals surface area contributed by atoms with Gasteiger partial charge in [0.2, 0.25) is 0 Å². The molecule has 0 spiro atoms. The first kappa shape index (κ1) is 12.0. The van der Waals surface area contributed by atoms with Crippen LogP contribution in [-0.2, 0) is 19.4 Å². The summed E-state index contributed by atoms with van der Waals surface area (Å²) in [6.07, 6.45) is 4.60. The number of nitrogens with two attached hydrogens (primary N) is 1. The quantitative estimate of drug-likeness (QED) is 0.724. The van der Waals surface area contributed by atoms with Gasteiger partial charge in [-0.1, -0.05) is 13.0 Å². The first-order valence-corrected chi connectivity index (χ1v) is 5.63. The second-order valence-electron chi connectivity index (χ2n) is 3.78. The van der Waals surface area contributed by atoms with Crippen LogP contribution in [0.25, 0.3) is 0 Å². The molecule has 1 aromatic heterocycles. The molecule has 3 nitrogen and oxygen atoms in total. The Morgan fingerprint density at radius 1 is 1.60 bits per heavy atom. The lowest BCUT2D eigenvalue weighted by atomic mass is 10.1. The monoisotopic (exact) mass is 207 g/mol. The van der Waals surface area contributed by atoms with Gasteiger partial charge in [0.25, 0.3) is 0 Å². The van der Waals surface area contributed by atoms with Gasteiger partial charge in [0.15, 0.2) is 0 Å². The highest BCUT2D eigenvalue weighted by molar-refractivity contribution is 5.12. The summed E-state index contributed by atoms with van der Waals surface area (Å²) < 4.78 is 2.04. The van der Waals surface area contributed by atoms with Crippen molar-refractivity contribution >= 4 is 0 Å². The second-order valence-corrected chi connectivity index (χ2v) is 3.78. The topological polar surface area (TPSA) is 43.8 Å². The van der Waals surface area contributed by atoms with Crippen molar-refractivity contribution in [1.82, 2.24) is 9.78 Å². The minimum absolute atomic E-state index is 0.161. The molecule has 0 saturated carbocycles. The van der Waals surface area contributed by atoms with Crippen LogP contribution in [0.4, 0.5) is 0 Å². The zero-order valence-electron chi connectivity index (χ0n) is 9.74. The van der Waals surface area contributed by atoms with Crippen LogP contribution in [0.5, 0.6) is 0 Å². The predicted octanol–water partition coefficient (Wildman–Crippen LogP) is 1.91. The zero-order chi connectivity index (χ0) is 11.3. The van der Waals surface area contributed by atoms with E-state index in [9.17, 15) is 0 Å². The molecule has 0 aromatic carbocycles. The van der Waals surface area contributed by atoms with E-state index in [-0.39, 0.29) is 6.04 Å². The van der Waals surface area contributed by atoms with Gasteiger partial charge in [-0.15, -0.1) is 6.58 Å². The van der Waals surface area contributed by atoms with E-state index in [4.69, 9.17) is 5.73 Å². The molecule has 1 aromatic rings. The highest BCUT2D eigenvalue weighted by Gasteiger charge is 2.09. The molecule has 0 aliphatic carbocycles. The number of nitrogens with zero attached hydrogens (tertiary/aromatic N) is 2. The summed E-state index contributed by atoms with van der Waals surface area (Å²) in [6, 6.07) is 2.32. The highest BCUT2D eigenvalue weighted by atomic mass is 15.3. The minimum atomic E-state index is 0.161. The lowest BCUT2D eigenvalue weighted by Gasteiger charge is -2.09. The summed E-state index contributed by atoms with van der Waals surface area (Å²) in [4.78, 5) is 0. The first-order valence-electron chi connectivity index (χ1n) is 5.63. The lowest BCUT2D eigenvalue weighted by Crippen LogP contribution is -2.23. The van der Waals surface area contributed by atoms with Crippen molar-refractivity contribution < 1.29 is 0 Å². The van der Waals surface area contributed by atoms with Gasteiger partial charge in [-0.2, -0.15) is 5.10 Å². The fourth-order valence-electron chi connectivity index (χ4n) is 1.69. The molecule has 0 saturated heterocycles. The van der Waals surface area contributed by atoms with Crippen LogP contribution in [0.15, 0.2) is 18.7 Å². The molecule has 2 N–H and O–H groups in total. The van der Waals surface area contributed by atoms with Crippen LogP contribution in [0.3, 0.4) is 0 Å². The fraction of sp³-hybridized carbons (Fsp3) is 0.583. The van der Waals surface area contributed by atoms with Gasteiger partial charge in [-0.05, 0) is 25.8 Å². The van der Waals surface area contributed by atoms with Gasteiger partial charge in [0.1, 0.15) is 0 Å². The third-order valence-corrected chi connectivity index (χ3v) is 2.52. The van der Waals surface area contributed by atoms with Crippen molar-refractivity contribution in [3.05, 3.63) is 30.1 Å². The molecule has 0 aliphatic rings. The van der Waals surface area contributed by atoms with Crippen LogP contribution in [0.1, 0.15) is 31.7 Å². The number of hydrogen-bond acceptors (Lipinski definition) is 2. The molecule has 0 radical (unpaired) electrons. The molecule has 1 unspecified atom stereocenters. The third-order valence-electron chi connectivity index (χ3n) is 2.52. The van der Waals surface area contributed by atoms with Gasteiger partial charge in [-0.25, -0.2) is 0 Å². The van der Waals surface area contributed by atoms with Crippen LogP contribution in [-0.4, -0.2) is 15.8 Å². The Hall–Kier alpha value is -1.09. The van der Waals surface area contributed by atoms with Gasteiger partial charge in [0, 0.05) is 24.7 Å². The van der Waals surface area contributed by atoms with Gasteiger partial charge < -0.3 is 5.73 Å². The number of rotatable bonds is 6. The van der Waals surface area contributed by atoms with Gasteiger partial charge in [-0.3, -0.25) is 4.68 Å². The van der Waals surface area contributed by atoms with E-state index in [1.54, 1.807) is 0 Å². The maximum absolute atomic E-state index is 5.98. The molecule has 3 heteroatoms. The number of aryl methyl sites for hydroxylation is 2. The summed E-state index contributed by atoms with van der Waals surface area (Å²) in [6.45, 7) is 8.84. The molecular weight excluding hydrogens is 186 g/mol. The molecule has 1 heterocycles. The summed E-state index contributed by atoms with van der Waals surface area (Å²) in [7, 11) is 0. The average Bonchev–Trinajstić information content (AvgIpc) is 2.60. The Balaban J connectivity index is 2.73. The van der Waals surface area contributed by atoms with Crippen LogP contribution < -0.4 is 5.73 Å². The van der Waals surface area contributed by atoms with Gasteiger partial charge >= 0.3 is 0 Å². The van der Waals surface area contributed by atoms with E-state index in [0.29, 0.717) is 0 Å². The third kappa shape index (κ3) is 3.20. The van der Waals surface area contributed by atoms with E-state index >= 15 is 0 Å². The normalized spacial score (nSPS) is 12.7. The Morgan fingerprint density at radius 2 is 2.33 bits per heavy atom. The Bertz CT molecular complexity index is 315. The molecule has 0 bridgehead atoms. The summed E-state index contributed by atoms with van der Waals surface area (Å²) in [5.41, 5.74) is 8.37. The molecule has 0 amide bonds. The average molecular weight is 207 g/mol. The van der Waals surface area contributed by atoms with Crippen molar-refractivity contribution in [2.24, 2.45) is 5.73 Å². The number of hydrogen-bond donors (Lipinski definition) is 1. The Labute approximate surface area is 92.0 Å². The largest absolute Gasteiger partial charge is 0.327 e. The maximum Gasteiger partial charge on any atom is 0.0624 e. The van der Waals surface area contributed by atoms with E-state index in [1.165, 1.54) is 5.69 Å². The fourth-order valence-corrected chi connectivity index (χ4v) is 1.69. The molecule has 0 fully saturated rings. The standard InChI is InChI=1S/C12H21N3/c1-4-7-10(13)8-12-9-11(5-2)14-15(12)6-3/h4,9-10H,1,5-8,13H2,2-3H3. The molecule has 0 aliphatic heterocycles. The smallest absolute Gasteiger partial charge is 0.0624 e. The minimum Gasteiger partial charge on any atom is -0.327 e. The van der Waals surface area contributed by atoms with E-state index in [1.807, 2.05) is 10.8 Å². The maximum atomic E-state index is 5.98. The molecular formula is C12H21N3. The van der Waals surface area contributed by atoms with Crippen molar-refractivity contribution in [1.29, 1.82) is 0 Å². The van der Waals surface area contributed by atoms with Crippen LogP contribution in [0, 0.1) is 0 Å². The van der Waals surface area contributed by atoms with Crippen molar-refractivity contribution in [3.63, 3.8) is 0 Å². The molecule has 1 rings (SSSR count). The van der Waals surface area contributed by atoms with Crippen molar-refractivity contribution in [2.45, 2.75) is 45.7 Å². The SMILES string of the molecule is C=CCC(N)Cc1cc(CC)nn1CC. The van der Waals surface area contributed by atoms with Gasteiger partial charge in [0.05, 0.1) is 5.69 Å². The summed E-state index contributed by atoms with van der Waals surface area (Å²) in [5, 5.41) is 4.50. The van der Waals surface area contributed by atoms with Crippen LogP contribution in [0.2, 0.25) is 0 Å². The zero-order valence-corrected chi connectivity index (χ0v) is 9.74. The molecule has 84 valence electrons. The summed E-state index contributed by atoms with van der Waals surface area (Å²) >= 11 is 0.